The summed E-state index contributed by atoms with van der Waals surface area (Å²) in [4.78, 5) is 32.0. The summed E-state index contributed by atoms with van der Waals surface area (Å²) in [5, 5.41) is 9.90. The number of amides is 1. The lowest BCUT2D eigenvalue weighted by atomic mass is 9.83. The van der Waals surface area contributed by atoms with E-state index in [-0.39, 0.29) is 18.2 Å². The average Bonchev–Trinajstić information content (AvgIpc) is 2.93. The molecule has 0 saturated carbocycles. The van der Waals surface area contributed by atoms with Gasteiger partial charge in [0.25, 0.3) is 0 Å². The summed E-state index contributed by atoms with van der Waals surface area (Å²) in [6, 6.07) is 26.2. The zero-order chi connectivity index (χ0) is 25.6. The number of hydrogen-bond donors (Lipinski definition) is 2. The minimum Gasteiger partial charge on any atom is -0.481 e. The van der Waals surface area contributed by atoms with Crippen molar-refractivity contribution in [1.82, 2.24) is 4.98 Å². The maximum absolute atomic E-state index is 13.1. The molecule has 1 unspecified atom stereocenters. The molecule has 1 aliphatic rings. The molecule has 5 rings (SSSR count). The minimum atomic E-state index is -0.774. The van der Waals surface area contributed by atoms with Crippen LogP contribution in [0, 0.1) is 0 Å². The Bertz CT molecular complexity index is 1460. The Morgan fingerprint density at radius 1 is 0.973 bits per heavy atom. The van der Waals surface area contributed by atoms with Gasteiger partial charge in [0.15, 0.2) is 6.21 Å². The molecule has 0 saturated heterocycles. The molecule has 0 spiro atoms. The van der Waals surface area contributed by atoms with Crippen LogP contribution < -0.4 is 4.99 Å². The fraction of sp³-hybridized carbons (Fsp3) is 0.250. The van der Waals surface area contributed by atoms with Crippen LogP contribution >= 0.6 is 0 Å². The first-order chi connectivity index (χ1) is 18.1. The molecule has 0 fully saturated rings. The van der Waals surface area contributed by atoms with Gasteiger partial charge in [-0.25, -0.2) is 9.78 Å². The van der Waals surface area contributed by atoms with Gasteiger partial charge in [-0.3, -0.25) is 4.79 Å². The Morgan fingerprint density at radius 2 is 1.78 bits per heavy atom. The van der Waals surface area contributed by atoms with E-state index in [1.54, 1.807) is 0 Å². The van der Waals surface area contributed by atoms with Gasteiger partial charge in [0.05, 0.1) is 22.7 Å². The highest BCUT2D eigenvalue weighted by atomic mass is 16.4. The molecule has 1 atom stereocenters. The molecule has 5 nitrogen and oxygen atoms in total. The Kier molecular flexibility index (Phi) is 7.50. The summed E-state index contributed by atoms with van der Waals surface area (Å²) in [6.45, 7) is 0. The summed E-state index contributed by atoms with van der Waals surface area (Å²) >= 11 is 0. The van der Waals surface area contributed by atoms with Crippen molar-refractivity contribution in [2.45, 2.75) is 50.9 Å². The molecule has 3 aromatic carbocycles. The smallest absolute Gasteiger partial charge is 0.417 e. The van der Waals surface area contributed by atoms with Crippen LogP contribution in [0.25, 0.3) is 22.2 Å². The molecule has 1 aromatic heterocycles. The Balaban J connectivity index is 1.41. The lowest BCUT2D eigenvalue weighted by Crippen LogP contribution is -2.74. The van der Waals surface area contributed by atoms with E-state index in [4.69, 9.17) is 10.1 Å². The monoisotopic (exact) mass is 491 g/mol. The number of pyridine rings is 1. The molecule has 37 heavy (non-hydrogen) atoms. The van der Waals surface area contributed by atoms with Crippen LogP contribution in [0.15, 0.2) is 78.9 Å². The lowest BCUT2D eigenvalue weighted by Gasteiger charge is -2.20. The molecule has 186 valence electrons. The Morgan fingerprint density at radius 3 is 2.62 bits per heavy atom. The molecule has 1 amide bonds. The maximum Gasteiger partial charge on any atom is 0.417 e. The highest BCUT2D eigenvalue weighted by Crippen LogP contribution is 2.30. The van der Waals surface area contributed by atoms with Gasteiger partial charge in [-0.05, 0) is 79.5 Å². The molecule has 2 N–H and O–H groups in total. The van der Waals surface area contributed by atoms with Gasteiger partial charge < -0.3 is 5.11 Å². The third kappa shape index (κ3) is 5.83. The zero-order valence-electron chi connectivity index (χ0n) is 20.8. The first kappa shape index (κ1) is 24.6. The molecule has 0 aliphatic heterocycles. The number of nitrogens with one attached hydrogen (secondary N) is 1. The fourth-order valence-electron chi connectivity index (χ4n) is 5.21. The Labute approximate surface area is 216 Å². The van der Waals surface area contributed by atoms with Gasteiger partial charge in [-0.15, -0.1) is 0 Å². The molecule has 1 aliphatic carbocycles. The second-order valence-corrected chi connectivity index (χ2v) is 9.71. The first-order valence-electron chi connectivity index (χ1n) is 13.0. The van der Waals surface area contributed by atoms with Gasteiger partial charge in [0.1, 0.15) is 0 Å². The Hall–Kier alpha value is -4.12. The highest BCUT2D eigenvalue weighted by Gasteiger charge is 2.21. The van der Waals surface area contributed by atoms with Crippen LogP contribution in [0.1, 0.15) is 65.1 Å². The number of carboxylic acid groups (broad SMARTS) is 1. The number of carbonyl (C=O) groups is 2. The minimum absolute atomic E-state index is 0.125. The number of aliphatic carboxylic acids is 1. The molecular weight excluding hydrogens is 460 g/mol. The van der Waals surface area contributed by atoms with Crippen LogP contribution in [0.5, 0.6) is 0 Å². The van der Waals surface area contributed by atoms with E-state index < -0.39 is 5.97 Å². The standard InChI is InChI=1S/C32H30N2O3/c35-30(36)16-7-5-12-24-19-27-20-25(17-18-29(27)34-31(24)23-10-2-1-3-11-23)32(37)33-21-26-14-8-13-22-9-4-6-15-28(22)26/h1-4,6,9-11,15,17-21,26H,5,7-8,12-14,16H2,(H,35,36)/p+1. The van der Waals surface area contributed by atoms with Gasteiger partial charge in [-0.2, -0.15) is 4.99 Å². The quantitative estimate of drug-likeness (QED) is 0.265. The number of benzene rings is 3. The summed E-state index contributed by atoms with van der Waals surface area (Å²) in [7, 11) is 0. The summed E-state index contributed by atoms with van der Waals surface area (Å²) < 4.78 is 0. The normalized spacial score (nSPS) is 15.1. The number of aryl methyl sites for hydroxylation is 2. The molecule has 5 heteroatoms. The second-order valence-electron chi connectivity index (χ2n) is 9.71. The number of hydrogen-bond acceptors (Lipinski definition) is 3. The van der Waals surface area contributed by atoms with E-state index >= 15 is 0 Å². The first-order valence-corrected chi connectivity index (χ1v) is 13.0. The van der Waals surface area contributed by atoms with E-state index in [1.165, 1.54) is 11.1 Å². The van der Waals surface area contributed by atoms with Crippen molar-refractivity contribution in [2.24, 2.45) is 0 Å². The topological polar surface area (TPSA) is 81.2 Å². The van der Waals surface area contributed by atoms with Crippen molar-refractivity contribution >= 4 is 29.0 Å². The van der Waals surface area contributed by atoms with Gasteiger partial charge in [0, 0.05) is 17.4 Å². The summed E-state index contributed by atoms with van der Waals surface area (Å²) in [5.41, 5.74) is 7.09. The van der Waals surface area contributed by atoms with Crippen LogP contribution in [0.2, 0.25) is 0 Å². The largest absolute Gasteiger partial charge is 0.481 e. The lowest BCUT2D eigenvalue weighted by molar-refractivity contribution is -0.341. The van der Waals surface area contributed by atoms with E-state index in [0.29, 0.717) is 12.0 Å². The van der Waals surface area contributed by atoms with Crippen LogP contribution in [0.3, 0.4) is 0 Å². The number of rotatable bonds is 8. The van der Waals surface area contributed by atoms with E-state index in [9.17, 15) is 9.59 Å². The predicted octanol–water partition coefficient (Wildman–Crippen LogP) is 5.11. The SMILES string of the molecule is O=C(O)CCCCc1cc2cc(C(=O)[NH+]=CC3CCCc4ccccc43)ccc2nc1-c1ccccc1. The van der Waals surface area contributed by atoms with Crippen LogP contribution in [-0.4, -0.2) is 28.2 Å². The number of nitrogens with zero attached hydrogens (tertiary/aromatic N) is 1. The molecule has 1 heterocycles. The summed E-state index contributed by atoms with van der Waals surface area (Å²) in [6.07, 6.45) is 7.45. The van der Waals surface area contributed by atoms with Crippen molar-refractivity contribution in [1.29, 1.82) is 0 Å². The van der Waals surface area contributed by atoms with E-state index in [0.717, 1.165) is 59.8 Å². The predicted molar refractivity (Wildman–Crippen MR) is 146 cm³/mol. The number of aromatic nitrogens is 1. The fourth-order valence-corrected chi connectivity index (χ4v) is 5.21. The third-order valence-electron chi connectivity index (χ3n) is 7.12. The van der Waals surface area contributed by atoms with E-state index in [1.807, 2.05) is 54.7 Å². The van der Waals surface area contributed by atoms with Gasteiger partial charge >= 0.3 is 11.9 Å². The van der Waals surface area contributed by atoms with Crippen molar-refractivity contribution in [3.05, 3.63) is 101 Å². The number of fused-ring (bicyclic) bond motifs is 2. The number of unbranched alkanes of at least 4 members (excludes halogenated alkanes) is 1. The van der Waals surface area contributed by atoms with Crippen molar-refractivity contribution in [2.75, 3.05) is 0 Å². The molecule has 4 aromatic rings. The molecule has 0 bridgehead atoms. The van der Waals surface area contributed by atoms with Crippen molar-refractivity contribution in [3.8, 4) is 11.3 Å². The zero-order valence-corrected chi connectivity index (χ0v) is 20.8. The van der Waals surface area contributed by atoms with Gasteiger partial charge in [0.2, 0.25) is 0 Å². The number of carboxylic acids is 1. The maximum atomic E-state index is 13.1. The van der Waals surface area contributed by atoms with Crippen molar-refractivity contribution < 1.29 is 19.7 Å². The van der Waals surface area contributed by atoms with Crippen molar-refractivity contribution in [3.63, 3.8) is 0 Å². The van der Waals surface area contributed by atoms with Gasteiger partial charge in [-0.1, -0.05) is 54.6 Å². The van der Waals surface area contributed by atoms with Crippen LogP contribution in [-0.2, 0) is 17.6 Å². The van der Waals surface area contributed by atoms with Crippen LogP contribution in [0.4, 0.5) is 0 Å². The number of carbonyl (C=O) groups excluding carboxylic acids is 1. The van der Waals surface area contributed by atoms with E-state index in [2.05, 4.69) is 35.3 Å². The molecule has 0 radical (unpaired) electrons. The summed E-state index contributed by atoms with van der Waals surface area (Å²) in [5.74, 6) is -0.675. The average molecular weight is 492 g/mol. The third-order valence-corrected chi connectivity index (χ3v) is 7.12. The highest BCUT2D eigenvalue weighted by molar-refractivity contribution is 5.94. The second kappa shape index (κ2) is 11.3. The molecular formula is C32H31N2O3+.